The van der Waals surface area contributed by atoms with E-state index >= 15 is 0 Å². The molecule has 0 amide bonds. The third kappa shape index (κ3) is 9.93. The van der Waals surface area contributed by atoms with E-state index in [0.717, 1.165) is 6.54 Å². The van der Waals surface area contributed by atoms with Crippen LogP contribution in [0.2, 0.25) is 0 Å². The van der Waals surface area contributed by atoms with Gasteiger partial charge in [-0.3, -0.25) is 0 Å². The molecule has 0 atom stereocenters. The van der Waals surface area contributed by atoms with E-state index in [1.807, 2.05) is 4.68 Å². The highest BCUT2D eigenvalue weighted by Gasteiger charge is 1.95. The molecule has 0 N–H and O–H groups in total. The van der Waals surface area contributed by atoms with Gasteiger partial charge in [-0.2, -0.15) is 0 Å². The number of hydrogen-bond acceptors (Lipinski definition) is 3. The number of tetrazole rings is 1. The van der Waals surface area contributed by atoms with Gasteiger partial charge >= 0.3 is 0 Å². The lowest BCUT2D eigenvalue weighted by molar-refractivity contribution is 0.505. The summed E-state index contributed by atoms with van der Waals surface area (Å²) in [4.78, 5) is 0. The van der Waals surface area contributed by atoms with Gasteiger partial charge < -0.3 is 0 Å². The van der Waals surface area contributed by atoms with Crippen LogP contribution in [-0.4, -0.2) is 20.2 Å². The van der Waals surface area contributed by atoms with E-state index in [2.05, 4.69) is 22.4 Å². The first-order chi connectivity index (χ1) is 9.93. The fraction of sp³-hybridized carbons (Fsp3) is 0.938. The Labute approximate surface area is 124 Å². The third-order valence-corrected chi connectivity index (χ3v) is 3.88. The molecule has 0 aliphatic carbocycles. The Morgan fingerprint density at radius 2 is 1.20 bits per heavy atom. The molecule has 0 radical (unpaired) electrons. The molecular formula is C16H32N4. The highest BCUT2D eigenvalue weighted by atomic mass is 15.5. The molecule has 0 aliphatic rings. The van der Waals surface area contributed by atoms with Crippen LogP contribution in [0, 0.1) is 0 Å². The molecule has 4 heteroatoms. The van der Waals surface area contributed by atoms with Crippen molar-refractivity contribution in [3.8, 4) is 0 Å². The van der Waals surface area contributed by atoms with Crippen LogP contribution < -0.4 is 0 Å². The van der Waals surface area contributed by atoms with Crippen LogP contribution in [0.4, 0.5) is 0 Å². The maximum absolute atomic E-state index is 3.87. The van der Waals surface area contributed by atoms with Crippen LogP contribution in [0.15, 0.2) is 6.33 Å². The topological polar surface area (TPSA) is 43.6 Å². The number of nitrogens with zero attached hydrogens (tertiary/aromatic N) is 4. The average Bonchev–Trinajstić information content (AvgIpc) is 2.97. The zero-order chi connectivity index (χ0) is 14.3. The summed E-state index contributed by atoms with van der Waals surface area (Å²) in [7, 11) is 0. The number of unbranched alkanes of at least 4 members (excludes halogenated alkanes) is 12. The Bertz CT molecular complexity index is 285. The van der Waals surface area contributed by atoms with Gasteiger partial charge in [-0.15, -0.1) is 5.10 Å². The molecule has 1 rings (SSSR count). The Morgan fingerprint density at radius 1 is 0.700 bits per heavy atom. The largest absolute Gasteiger partial charge is 0.233 e. The first kappa shape index (κ1) is 17.1. The van der Waals surface area contributed by atoms with Crippen LogP contribution in [-0.2, 0) is 6.54 Å². The highest BCUT2D eigenvalue weighted by Crippen LogP contribution is 2.12. The van der Waals surface area contributed by atoms with E-state index < -0.39 is 0 Å². The van der Waals surface area contributed by atoms with Gasteiger partial charge in [-0.05, 0) is 16.8 Å². The van der Waals surface area contributed by atoms with E-state index in [1.165, 1.54) is 83.5 Å². The van der Waals surface area contributed by atoms with Gasteiger partial charge in [0, 0.05) is 6.54 Å². The van der Waals surface area contributed by atoms with Crippen molar-refractivity contribution in [1.82, 2.24) is 20.2 Å². The van der Waals surface area contributed by atoms with Crippen LogP contribution in [0.5, 0.6) is 0 Å². The fourth-order valence-corrected chi connectivity index (χ4v) is 2.57. The number of rotatable bonds is 14. The molecule has 4 nitrogen and oxygen atoms in total. The van der Waals surface area contributed by atoms with Gasteiger partial charge in [0.1, 0.15) is 6.33 Å². The van der Waals surface area contributed by atoms with Crippen molar-refractivity contribution in [2.75, 3.05) is 0 Å². The predicted octanol–water partition coefficient (Wildman–Crippen LogP) is 4.76. The van der Waals surface area contributed by atoms with Crippen molar-refractivity contribution >= 4 is 0 Å². The standard InChI is InChI=1S/C16H32N4/c1-2-3-4-5-6-7-8-9-10-11-12-13-14-15-20-16-17-18-19-20/h16H,2-15H2,1H3. The smallest absolute Gasteiger partial charge is 0.138 e. The Hall–Kier alpha value is -0.930. The maximum atomic E-state index is 3.87. The second-order valence-electron chi connectivity index (χ2n) is 5.82. The van der Waals surface area contributed by atoms with E-state index in [1.54, 1.807) is 6.33 Å². The minimum atomic E-state index is 0.963. The minimum absolute atomic E-state index is 0.963. The molecule has 1 aromatic heterocycles. The van der Waals surface area contributed by atoms with Gasteiger partial charge in [0.25, 0.3) is 0 Å². The third-order valence-electron chi connectivity index (χ3n) is 3.88. The predicted molar refractivity (Wildman–Crippen MR) is 83.5 cm³/mol. The first-order valence-corrected chi connectivity index (χ1v) is 8.64. The second kappa shape index (κ2) is 13.1. The molecule has 0 aromatic carbocycles. The van der Waals surface area contributed by atoms with Crippen molar-refractivity contribution in [2.24, 2.45) is 0 Å². The molecule has 0 aliphatic heterocycles. The number of aromatic nitrogens is 4. The normalized spacial score (nSPS) is 11.1. The Morgan fingerprint density at radius 3 is 1.65 bits per heavy atom. The molecule has 0 saturated carbocycles. The lowest BCUT2D eigenvalue weighted by Crippen LogP contribution is -1.98. The lowest BCUT2D eigenvalue weighted by atomic mass is 10.0. The Balaban J connectivity index is 1.70. The summed E-state index contributed by atoms with van der Waals surface area (Å²) >= 11 is 0. The number of hydrogen-bond donors (Lipinski definition) is 0. The van der Waals surface area contributed by atoms with Crippen molar-refractivity contribution in [2.45, 2.75) is 96.9 Å². The van der Waals surface area contributed by atoms with Gasteiger partial charge in [0.2, 0.25) is 0 Å². The molecule has 0 fully saturated rings. The van der Waals surface area contributed by atoms with Crippen molar-refractivity contribution < 1.29 is 0 Å². The summed E-state index contributed by atoms with van der Waals surface area (Å²) in [5.41, 5.74) is 0. The van der Waals surface area contributed by atoms with Gasteiger partial charge in [-0.1, -0.05) is 84.0 Å². The second-order valence-corrected chi connectivity index (χ2v) is 5.82. The van der Waals surface area contributed by atoms with Gasteiger partial charge in [0.05, 0.1) is 0 Å². The van der Waals surface area contributed by atoms with E-state index in [-0.39, 0.29) is 0 Å². The van der Waals surface area contributed by atoms with E-state index in [0.29, 0.717) is 0 Å². The zero-order valence-corrected chi connectivity index (χ0v) is 13.3. The molecule has 0 saturated heterocycles. The van der Waals surface area contributed by atoms with Crippen molar-refractivity contribution in [1.29, 1.82) is 0 Å². The molecule has 116 valence electrons. The molecule has 0 spiro atoms. The first-order valence-electron chi connectivity index (χ1n) is 8.64. The molecule has 0 unspecified atom stereocenters. The molecular weight excluding hydrogens is 248 g/mol. The Kier molecular flexibility index (Phi) is 11.2. The van der Waals surface area contributed by atoms with Crippen LogP contribution in [0.1, 0.15) is 90.4 Å². The summed E-state index contributed by atoms with van der Waals surface area (Å²) in [6, 6.07) is 0. The summed E-state index contributed by atoms with van der Waals surface area (Å²) in [5, 5.41) is 11.1. The summed E-state index contributed by atoms with van der Waals surface area (Å²) < 4.78 is 1.82. The number of aryl methyl sites for hydroxylation is 1. The van der Waals surface area contributed by atoms with Crippen LogP contribution in [0.3, 0.4) is 0 Å². The van der Waals surface area contributed by atoms with Crippen molar-refractivity contribution in [3.05, 3.63) is 6.33 Å². The molecule has 1 heterocycles. The highest BCUT2D eigenvalue weighted by molar-refractivity contribution is 4.50. The van der Waals surface area contributed by atoms with Crippen molar-refractivity contribution in [3.63, 3.8) is 0 Å². The summed E-state index contributed by atoms with van der Waals surface area (Å²) in [6.45, 7) is 3.24. The van der Waals surface area contributed by atoms with Crippen LogP contribution in [0.25, 0.3) is 0 Å². The quantitative estimate of drug-likeness (QED) is 0.461. The maximum Gasteiger partial charge on any atom is 0.138 e. The molecule has 1 aromatic rings. The van der Waals surface area contributed by atoms with E-state index in [4.69, 9.17) is 0 Å². The monoisotopic (exact) mass is 280 g/mol. The molecule has 20 heavy (non-hydrogen) atoms. The average molecular weight is 280 g/mol. The fourth-order valence-electron chi connectivity index (χ4n) is 2.57. The SMILES string of the molecule is CCCCCCCCCCCCCCCn1cnnn1. The summed E-state index contributed by atoms with van der Waals surface area (Å²) in [5.74, 6) is 0. The summed E-state index contributed by atoms with van der Waals surface area (Å²) in [6.07, 6.45) is 19.8. The lowest BCUT2D eigenvalue weighted by Gasteiger charge is -2.03. The zero-order valence-electron chi connectivity index (χ0n) is 13.3. The molecule has 0 bridgehead atoms. The van der Waals surface area contributed by atoms with Crippen LogP contribution >= 0.6 is 0 Å². The minimum Gasteiger partial charge on any atom is -0.233 e. The van der Waals surface area contributed by atoms with Gasteiger partial charge in [-0.25, -0.2) is 4.68 Å². The van der Waals surface area contributed by atoms with E-state index in [9.17, 15) is 0 Å². The van der Waals surface area contributed by atoms with Gasteiger partial charge in [0.15, 0.2) is 0 Å².